The summed E-state index contributed by atoms with van der Waals surface area (Å²) in [6, 6.07) is 1.45. The number of nitrogens with zero attached hydrogens (tertiary/aromatic N) is 4. The van der Waals surface area contributed by atoms with E-state index in [4.69, 9.17) is 0 Å². The van der Waals surface area contributed by atoms with Crippen molar-refractivity contribution < 1.29 is 9.53 Å². The molecule has 0 radical (unpaired) electrons. The van der Waals surface area contributed by atoms with Crippen LogP contribution in [0.1, 0.15) is 12.6 Å². The Bertz CT molecular complexity index is 662. The average Bonchev–Trinajstić information content (AvgIpc) is 2.86. The summed E-state index contributed by atoms with van der Waals surface area (Å²) in [6.45, 7) is 2.77. The highest BCUT2D eigenvalue weighted by molar-refractivity contribution is 5.72. The second-order valence-corrected chi connectivity index (χ2v) is 4.73. The second kappa shape index (κ2) is 5.83. The Morgan fingerprint density at radius 1 is 1.60 bits per heavy atom. The van der Waals surface area contributed by atoms with Crippen LogP contribution in [-0.2, 0) is 16.1 Å². The molecular weight excluding hydrogens is 262 g/mol. The largest absolute Gasteiger partial charge is 0.469 e. The Morgan fingerprint density at radius 3 is 3.05 bits per heavy atom. The quantitative estimate of drug-likeness (QED) is 0.753. The van der Waals surface area contributed by atoms with Gasteiger partial charge in [-0.05, 0) is 7.05 Å². The van der Waals surface area contributed by atoms with Crippen LogP contribution in [0.5, 0.6) is 0 Å². The van der Waals surface area contributed by atoms with Gasteiger partial charge in [0.25, 0.3) is 11.3 Å². The lowest BCUT2D eigenvalue weighted by Gasteiger charge is -2.19. The molecule has 0 fully saturated rings. The summed E-state index contributed by atoms with van der Waals surface area (Å²) in [6.07, 6.45) is 1.41. The van der Waals surface area contributed by atoms with Crippen LogP contribution in [0.3, 0.4) is 0 Å². The van der Waals surface area contributed by atoms with Crippen LogP contribution in [0.25, 0.3) is 5.78 Å². The van der Waals surface area contributed by atoms with Gasteiger partial charge in [0.2, 0.25) is 0 Å². The zero-order chi connectivity index (χ0) is 14.7. The molecule has 1 unspecified atom stereocenters. The van der Waals surface area contributed by atoms with Crippen molar-refractivity contribution in [2.45, 2.75) is 13.5 Å². The van der Waals surface area contributed by atoms with Crippen LogP contribution in [0, 0.1) is 5.92 Å². The van der Waals surface area contributed by atoms with Gasteiger partial charge in [0.15, 0.2) is 0 Å². The third-order valence-corrected chi connectivity index (χ3v) is 2.94. The number of aromatic nitrogens is 4. The maximum absolute atomic E-state index is 11.8. The van der Waals surface area contributed by atoms with Crippen LogP contribution in [0.4, 0.5) is 0 Å². The summed E-state index contributed by atoms with van der Waals surface area (Å²) in [4.78, 5) is 33.3. The summed E-state index contributed by atoms with van der Waals surface area (Å²) in [7, 11) is 3.22. The van der Waals surface area contributed by atoms with E-state index in [2.05, 4.69) is 19.8 Å². The van der Waals surface area contributed by atoms with Crippen molar-refractivity contribution in [1.29, 1.82) is 0 Å². The lowest BCUT2D eigenvalue weighted by molar-refractivity contribution is -0.145. The number of fused-ring (bicyclic) bond motifs is 1. The summed E-state index contributed by atoms with van der Waals surface area (Å²) in [5.74, 6) is -0.158. The number of hydrogen-bond acceptors (Lipinski definition) is 6. The van der Waals surface area contributed by atoms with Gasteiger partial charge in [-0.3, -0.25) is 19.6 Å². The Kier molecular flexibility index (Phi) is 4.14. The third kappa shape index (κ3) is 3.02. The molecule has 0 amide bonds. The number of ether oxygens (including phenoxy) is 1. The molecule has 0 aliphatic carbocycles. The minimum Gasteiger partial charge on any atom is -0.469 e. The highest BCUT2D eigenvalue weighted by Gasteiger charge is 2.16. The number of H-pyrrole nitrogens is 1. The molecule has 108 valence electrons. The van der Waals surface area contributed by atoms with E-state index in [1.165, 1.54) is 24.0 Å². The Labute approximate surface area is 115 Å². The maximum Gasteiger partial charge on any atom is 0.309 e. The van der Waals surface area contributed by atoms with E-state index in [1.807, 2.05) is 11.9 Å². The van der Waals surface area contributed by atoms with Crippen LogP contribution in [-0.4, -0.2) is 51.2 Å². The molecule has 20 heavy (non-hydrogen) atoms. The van der Waals surface area contributed by atoms with E-state index in [1.54, 1.807) is 6.92 Å². The van der Waals surface area contributed by atoms with Crippen molar-refractivity contribution in [1.82, 2.24) is 24.5 Å². The maximum atomic E-state index is 11.8. The van der Waals surface area contributed by atoms with Gasteiger partial charge in [0, 0.05) is 19.2 Å². The summed E-state index contributed by atoms with van der Waals surface area (Å²) in [5.41, 5.74) is 0.401. The van der Waals surface area contributed by atoms with E-state index in [9.17, 15) is 9.59 Å². The van der Waals surface area contributed by atoms with Crippen LogP contribution in [0.2, 0.25) is 0 Å². The standard InChI is InChI=1S/C12H17N5O3/c1-8(11(19)20-3)5-16(2)6-9-4-10(18)17-12(15-9)13-7-14-17/h4,7-8H,5-6H2,1-3H3,(H,13,14,15). The number of nitrogens with one attached hydrogen (secondary N) is 1. The monoisotopic (exact) mass is 279 g/mol. The lowest BCUT2D eigenvalue weighted by atomic mass is 10.1. The van der Waals surface area contributed by atoms with E-state index < -0.39 is 0 Å². The molecule has 8 heteroatoms. The second-order valence-electron chi connectivity index (χ2n) is 4.73. The highest BCUT2D eigenvalue weighted by atomic mass is 16.5. The van der Waals surface area contributed by atoms with Crippen molar-refractivity contribution in [3.05, 3.63) is 28.4 Å². The van der Waals surface area contributed by atoms with Gasteiger partial charge in [0.1, 0.15) is 6.33 Å². The van der Waals surface area contributed by atoms with E-state index in [0.717, 1.165) is 0 Å². The Balaban J connectivity index is 2.08. The fraction of sp³-hybridized carbons (Fsp3) is 0.500. The van der Waals surface area contributed by atoms with Gasteiger partial charge in [-0.1, -0.05) is 6.92 Å². The molecule has 0 saturated heterocycles. The van der Waals surface area contributed by atoms with Gasteiger partial charge in [0.05, 0.1) is 18.7 Å². The summed E-state index contributed by atoms with van der Waals surface area (Å²) >= 11 is 0. The fourth-order valence-electron chi connectivity index (χ4n) is 2.03. The lowest BCUT2D eigenvalue weighted by Crippen LogP contribution is -2.30. The number of methoxy groups -OCH3 is 1. The zero-order valence-corrected chi connectivity index (χ0v) is 11.7. The first-order valence-electron chi connectivity index (χ1n) is 6.19. The smallest absolute Gasteiger partial charge is 0.309 e. The minimum absolute atomic E-state index is 0.211. The Morgan fingerprint density at radius 2 is 2.35 bits per heavy atom. The van der Waals surface area contributed by atoms with Crippen LogP contribution >= 0.6 is 0 Å². The number of esters is 1. The first kappa shape index (κ1) is 14.2. The molecule has 0 aromatic carbocycles. The van der Waals surface area contributed by atoms with Crippen molar-refractivity contribution in [2.75, 3.05) is 20.7 Å². The summed E-state index contributed by atoms with van der Waals surface area (Å²) in [5, 5.41) is 2.68. The molecule has 1 N–H and O–H groups in total. The molecule has 1 atom stereocenters. The molecule has 2 heterocycles. The fourth-order valence-corrected chi connectivity index (χ4v) is 2.03. The molecule has 0 aliphatic rings. The number of aromatic amines is 1. The molecule has 2 rings (SSSR count). The predicted molar refractivity (Wildman–Crippen MR) is 71.1 cm³/mol. The topological polar surface area (TPSA) is 92.6 Å². The normalized spacial score (nSPS) is 12.8. The first-order chi connectivity index (χ1) is 9.51. The summed E-state index contributed by atoms with van der Waals surface area (Å²) < 4.78 is 5.95. The predicted octanol–water partition coefficient (Wildman–Crippen LogP) is -0.341. The highest BCUT2D eigenvalue weighted by Crippen LogP contribution is 2.04. The minimum atomic E-state index is -0.257. The Hall–Kier alpha value is -2.22. The van der Waals surface area contributed by atoms with Crippen LogP contribution in [0.15, 0.2) is 17.2 Å². The van der Waals surface area contributed by atoms with Crippen LogP contribution < -0.4 is 5.56 Å². The third-order valence-electron chi connectivity index (χ3n) is 2.94. The number of carbonyl (C=O) groups is 1. The molecule has 8 nitrogen and oxygen atoms in total. The molecule has 2 aromatic rings. The molecule has 0 spiro atoms. The van der Waals surface area contributed by atoms with Crippen molar-refractivity contribution in [3.63, 3.8) is 0 Å². The van der Waals surface area contributed by atoms with E-state index in [-0.39, 0.29) is 17.4 Å². The van der Waals surface area contributed by atoms with E-state index in [0.29, 0.717) is 24.6 Å². The number of hydrogen-bond donors (Lipinski definition) is 1. The van der Waals surface area contributed by atoms with Gasteiger partial charge < -0.3 is 4.74 Å². The number of rotatable bonds is 5. The van der Waals surface area contributed by atoms with Crippen molar-refractivity contribution >= 4 is 11.7 Å². The molecule has 0 bridgehead atoms. The van der Waals surface area contributed by atoms with Gasteiger partial charge in [-0.15, -0.1) is 0 Å². The molecule has 2 aromatic heterocycles. The molecule has 0 saturated carbocycles. The van der Waals surface area contributed by atoms with Crippen molar-refractivity contribution in [2.24, 2.45) is 5.92 Å². The molecule has 0 aliphatic heterocycles. The zero-order valence-electron chi connectivity index (χ0n) is 11.7. The SMILES string of the molecule is COC(=O)C(C)CN(C)Cc1cc(=O)n2[nH]cnc2n1. The molecular formula is C12H17N5O3. The average molecular weight is 279 g/mol. The number of carbonyl (C=O) groups excluding carboxylic acids is 1. The van der Waals surface area contributed by atoms with Gasteiger partial charge in [-0.25, -0.2) is 9.97 Å². The van der Waals surface area contributed by atoms with Gasteiger partial charge >= 0.3 is 5.97 Å². The van der Waals surface area contributed by atoms with Gasteiger partial charge in [-0.2, -0.15) is 4.52 Å². The first-order valence-corrected chi connectivity index (χ1v) is 6.19. The van der Waals surface area contributed by atoms with E-state index >= 15 is 0 Å². The van der Waals surface area contributed by atoms with Crippen molar-refractivity contribution in [3.8, 4) is 0 Å².